The summed E-state index contributed by atoms with van der Waals surface area (Å²) >= 11 is 0. The van der Waals surface area contributed by atoms with Gasteiger partial charge in [0.2, 0.25) is 0 Å². The molecule has 0 spiro atoms. The first-order chi connectivity index (χ1) is 5.91. The maximum absolute atomic E-state index is 11.7. The van der Waals surface area contributed by atoms with E-state index in [1.807, 2.05) is 20.8 Å². The van der Waals surface area contributed by atoms with Gasteiger partial charge >= 0.3 is 0 Å². The van der Waals surface area contributed by atoms with Crippen LogP contribution in [0.5, 0.6) is 0 Å². The smallest absolute Gasteiger partial charge is 0.140 e. The maximum Gasteiger partial charge on any atom is 0.140 e. The Kier molecular flexibility index (Phi) is 3.12. The van der Waals surface area contributed by atoms with Gasteiger partial charge < -0.3 is 4.74 Å². The van der Waals surface area contributed by atoms with Crippen LogP contribution in [0.2, 0.25) is 0 Å². The van der Waals surface area contributed by atoms with Gasteiger partial charge in [0.1, 0.15) is 5.78 Å². The molecule has 0 aromatic heterocycles. The van der Waals surface area contributed by atoms with Crippen LogP contribution in [0.25, 0.3) is 0 Å². The number of rotatable bonds is 2. The second-order valence-electron chi connectivity index (χ2n) is 5.05. The zero-order chi connectivity index (χ0) is 10.1. The number of carbonyl (C=O) groups excluding carboxylic acids is 1. The predicted molar refractivity (Wildman–Crippen MR) is 52.6 cm³/mol. The van der Waals surface area contributed by atoms with Gasteiger partial charge in [-0.1, -0.05) is 27.7 Å². The van der Waals surface area contributed by atoms with Crippen molar-refractivity contribution in [3.05, 3.63) is 0 Å². The summed E-state index contributed by atoms with van der Waals surface area (Å²) in [6, 6.07) is 0. The largest absolute Gasteiger partial charge is 0.377 e. The number of carbonyl (C=O) groups is 1. The van der Waals surface area contributed by atoms with Gasteiger partial charge in [0.05, 0.1) is 6.10 Å². The summed E-state index contributed by atoms with van der Waals surface area (Å²) in [4.78, 5) is 11.7. The molecule has 0 aromatic carbocycles. The van der Waals surface area contributed by atoms with Gasteiger partial charge in [-0.05, 0) is 12.3 Å². The first-order valence-corrected chi connectivity index (χ1v) is 5.06. The molecule has 1 heterocycles. The first-order valence-electron chi connectivity index (χ1n) is 5.06. The SMILES string of the molecule is C[C@H]1CCO[C@@H]1CC(=O)C(C)(C)C. The van der Waals surface area contributed by atoms with Crippen LogP contribution in [-0.4, -0.2) is 18.5 Å². The van der Waals surface area contributed by atoms with Crippen molar-refractivity contribution in [3.63, 3.8) is 0 Å². The fraction of sp³-hybridized carbons (Fsp3) is 0.909. The van der Waals surface area contributed by atoms with Gasteiger partial charge in [-0.3, -0.25) is 4.79 Å². The number of hydrogen-bond acceptors (Lipinski definition) is 2. The summed E-state index contributed by atoms with van der Waals surface area (Å²) in [5.41, 5.74) is -0.217. The molecule has 0 amide bonds. The highest BCUT2D eigenvalue weighted by atomic mass is 16.5. The zero-order valence-corrected chi connectivity index (χ0v) is 9.09. The summed E-state index contributed by atoms with van der Waals surface area (Å²) in [6.07, 6.45) is 1.86. The molecular weight excluding hydrogens is 164 g/mol. The highest BCUT2D eigenvalue weighted by Crippen LogP contribution is 2.26. The van der Waals surface area contributed by atoms with E-state index < -0.39 is 0 Å². The molecule has 2 atom stereocenters. The molecule has 0 aromatic rings. The Balaban J connectivity index is 2.45. The highest BCUT2D eigenvalue weighted by Gasteiger charge is 2.30. The third-order valence-corrected chi connectivity index (χ3v) is 2.76. The summed E-state index contributed by atoms with van der Waals surface area (Å²) in [5.74, 6) is 0.859. The Morgan fingerprint density at radius 2 is 2.08 bits per heavy atom. The van der Waals surface area contributed by atoms with Gasteiger partial charge in [-0.2, -0.15) is 0 Å². The van der Waals surface area contributed by atoms with Crippen LogP contribution >= 0.6 is 0 Å². The van der Waals surface area contributed by atoms with E-state index >= 15 is 0 Å². The third-order valence-electron chi connectivity index (χ3n) is 2.76. The van der Waals surface area contributed by atoms with Crippen LogP contribution in [0.15, 0.2) is 0 Å². The van der Waals surface area contributed by atoms with Crippen LogP contribution < -0.4 is 0 Å². The summed E-state index contributed by atoms with van der Waals surface area (Å²) in [5, 5.41) is 0. The lowest BCUT2D eigenvalue weighted by Crippen LogP contribution is -2.27. The second kappa shape index (κ2) is 3.79. The van der Waals surface area contributed by atoms with Gasteiger partial charge in [0.25, 0.3) is 0 Å². The Labute approximate surface area is 80.7 Å². The van der Waals surface area contributed by atoms with Gasteiger partial charge in [0, 0.05) is 18.4 Å². The van der Waals surface area contributed by atoms with Crippen molar-refractivity contribution < 1.29 is 9.53 Å². The van der Waals surface area contributed by atoms with Gasteiger partial charge in [0.15, 0.2) is 0 Å². The summed E-state index contributed by atoms with van der Waals surface area (Å²) < 4.78 is 5.51. The molecule has 0 unspecified atom stereocenters. The maximum atomic E-state index is 11.7. The van der Waals surface area contributed by atoms with E-state index in [1.54, 1.807) is 0 Å². The molecule has 76 valence electrons. The molecule has 0 bridgehead atoms. The second-order valence-corrected chi connectivity index (χ2v) is 5.05. The minimum atomic E-state index is -0.217. The Bertz CT molecular complexity index is 191. The fourth-order valence-corrected chi connectivity index (χ4v) is 1.50. The minimum Gasteiger partial charge on any atom is -0.377 e. The zero-order valence-electron chi connectivity index (χ0n) is 9.09. The molecule has 0 saturated carbocycles. The fourth-order valence-electron chi connectivity index (χ4n) is 1.50. The molecule has 1 rings (SSSR count). The molecule has 13 heavy (non-hydrogen) atoms. The van der Waals surface area contributed by atoms with Gasteiger partial charge in [-0.15, -0.1) is 0 Å². The topological polar surface area (TPSA) is 26.3 Å². The summed E-state index contributed by atoms with van der Waals surface area (Å²) in [7, 11) is 0. The van der Waals surface area contributed by atoms with E-state index in [0.29, 0.717) is 18.1 Å². The van der Waals surface area contributed by atoms with Crippen LogP contribution in [-0.2, 0) is 9.53 Å². The summed E-state index contributed by atoms with van der Waals surface area (Å²) in [6.45, 7) is 8.88. The monoisotopic (exact) mass is 184 g/mol. The molecular formula is C11H20O2. The van der Waals surface area contributed by atoms with Crippen LogP contribution in [0, 0.1) is 11.3 Å². The average molecular weight is 184 g/mol. The molecule has 2 nitrogen and oxygen atoms in total. The quantitative estimate of drug-likeness (QED) is 0.658. The number of Topliss-reactive ketones (excluding diaryl/α,β-unsaturated/α-hetero) is 1. The first kappa shape index (κ1) is 10.7. The van der Waals surface area contributed by atoms with E-state index in [9.17, 15) is 4.79 Å². The van der Waals surface area contributed by atoms with Crippen LogP contribution in [0.1, 0.15) is 40.5 Å². The van der Waals surface area contributed by atoms with Crippen molar-refractivity contribution in [1.29, 1.82) is 0 Å². The highest BCUT2D eigenvalue weighted by molar-refractivity contribution is 5.84. The van der Waals surface area contributed by atoms with E-state index in [4.69, 9.17) is 4.74 Å². The third kappa shape index (κ3) is 2.80. The van der Waals surface area contributed by atoms with E-state index in [0.717, 1.165) is 13.0 Å². The van der Waals surface area contributed by atoms with Gasteiger partial charge in [-0.25, -0.2) is 0 Å². The lowest BCUT2D eigenvalue weighted by Gasteiger charge is -2.20. The molecule has 2 heteroatoms. The van der Waals surface area contributed by atoms with Crippen molar-refractivity contribution in [2.24, 2.45) is 11.3 Å². The normalized spacial score (nSPS) is 29.2. The lowest BCUT2D eigenvalue weighted by molar-refractivity contribution is -0.128. The van der Waals surface area contributed by atoms with E-state index in [-0.39, 0.29) is 11.5 Å². The van der Waals surface area contributed by atoms with E-state index in [1.165, 1.54) is 0 Å². The standard InChI is InChI=1S/C11H20O2/c1-8-5-6-13-9(8)7-10(12)11(2,3)4/h8-9H,5-7H2,1-4H3/t8-,9+/m0/s1. The number of hydrogen-bond donors (Lipinski definition) is 0. The molecule has 1 aliphatic rings. The van der Waals surface area contributed by atoms with Crippen LogP contribution in [0.3, 0.4) is 0 Å². The Morgan fingerprint density at radius 1 is 1.46 bits per heavy atom. The average Bonchev–Trinajstić information content (AvgIpc) is 2.34. The Hall–Kier alpha value is -0.370. The molecule has 0 aliphatic carbocycles. The molecule has 0 N–H and O–H groups in total. The minimum absolute atomic E-state index is 0.173. The van der Waals surface area contributed by atoms with Crippen molar-refractivity contribution in [1.82, 2.24) is 0 Å². The number of ether oxygens (including phenoxy) is 1. The molecule has 1 aliphatic heterocycles. The van der Waals surface area contributed by atoms with Crippen molar-refractivity contribution >= 4 is 5.78 Å². The predicted octanol–water partition coefficient (Wildman–Crippen LogP) is 2.42. The van der Waals surface area contributed by atoms with E-state index in [2.05, 4.69) is 6.92 Å². The lowest BCUT2D eigenvalue weighted by atomic mass is 9.85. The number of ketones is 1. The molecule has 1 fully saturated rings. The van der Waals surface area contributed by atoms with Crippen molar-refractivity contribution in [2.75, 3.05) is 6.61 Å². The molecule has 1 saturated heterocycles. The van der Waals surface area contributed by atoms with Crippen molar-refractivity contribution in [2.45, 2.75) is 46.6 Å². The Morgan fingerprint density at radius 3 is 2.46 bits per heavy atom. The van der Waals surface area contributed by atoms with Crippen molar-refractivity contribution in [3.8, 4) is 0 Å². The molecule has 0 radical (unpaired) electrons. The van der Waals surface area contributed by atoms with Crippen LogP contribution in [0.4, 0.5) is 0 Å².